The van der Waals surface area contributed by atoms with Gasteiger partial charge < -0.3 is 4.74 Å². The van der Waals surface area contributed by atoms with E-state index in [-0.39, 0.29) is 11.2 Å². The summed E-state index contributed by atoms with van der Waals surface area (Å²) in [6.45, 7) is 5.91. The topological polar surface area (TPSA) is 27.1 Å². The number of halogens is 4. The van der Waals surface area contributed by atoms with Crippen molar-refractivity contribution in [3.8, 4) is 11.4 Å². The second kappa shape index (κ2) is 5.26. The molecule has 0 atom stereocenters. The summed E-state index contributed by atoms with van der Waals surface area (Å²) < 4.78 is 42.0. The Hall–Kier alpha value is -1.69. The first-order valence-corrected chi connectivity index (χ1v) is 6.56. The van der Waals surface area contributed by atoms with Crippen molar-refractivity contribution in [2.24, 2.45) is 0 Å². The van der Waals surface area contributed by atoms with Gasteiger partial charge in [-0.05, 0) is 18.2 Å². The van der Waals surface area contributed by atoms with E-state index in [4.69, 9.17) is 11.6 Å². The zero-order valence-corrected chi connectivity index (χ0v) is 12.5. The van der Waals surface area contributed by atoms with Gasteiger partial charge >= 0.3 is 6.36 Å². The summed E-state index contributed by atoms with van der Waals surface area (Å²) in [6.07, 6.45) is -4.73. The number of ether oxygens (including phenoxy) is 1. The average molecular weight is 319 g/mol. The lowest BCUT2D eigenvalue weighted by atomic mass is 9.93. The Kier molecular flexibility index (Phi) is 3.93. The predicted octanol–water partition coefficient (Wildman–Crippen LogP) is 4.72. The molecule has 2 rings (SSSR count). The van der Waals surface area contributed by atoms with Crippen LogP contribution in [0.2, 0.25) is 5.15 Å². The highest BCUT2D eigenvalue weighted by Gasteiger charge is 2.31. The monoisotopic (exact) mass is 318 g/mol. The molecule has 0 saturated carbocycles. The summed E-state index contributed by atoms with van der Waals surface area (Å²) in [5, 5.41) is 4.66. The van der Waals surface area contributed by atoms with E-state index in [2.05, 4.69) is 9.84 Å². The summed E-state index contributed by atoms with van der Waals surface area (Å²) in [4.78, 5) is 0. The van der Waals surface area contributed by atoms with Crippen LogP contribution in [0.4, 0.5) is 13.2 Å². The van der Waals surface area contributed by atoms with E-state index >= 15 is 0 Å². The Balaban J connectivity index is 2.39. The summed E-state index contributed by atoms with van der Waals surface area (Å²) in [5.74, 6) is -0.316. The molecule has 0 saturated heterocycles. The van der Waals surface area contributed by atoms with Crippen molar-refractivity contribution in [3.05, 3.63) is 41.2 Å². The molecule has 7 heteroatoms. The van der Waals surface area contributed by atoms with Gasteiger partial charge in [-0.2, -0.15) is 5.10 Å². The SMILES string of the molecule is CC(C)(C)c1cc(Cl)n(-c2cccc(OC(F)(F)F)c2)n1. The molecule has 0 unspecified atom stereocenters. The van der Waals surface area contributed by atoms with E-state index in [0.29, 0.717) is 10.8 Å². The molecule has 3 nitrogen and oxygen atoms in total. The van der Waals surface area contributed by atoms with Gasteiger partial charge in [0, 0.05) is 11.5 Å². The van der Waals surface area contributed by atoms with Crippen LogP contribution >= 0.6 is 11.6 Å². The van der Waals surface area contributed by atoms with Crippen LogP contribution in [0.3, 0.4) is 0 Å². The Morgan fingerprint density at radius 2 is 1.81 bits per heavy atom. The van der Waals surface area contributed by atoms with Crippen LogP contribution in [0.1, 0.15) is 26.5 Å². The first kappa shape index (κ1) is 15.7. The van der Waals surface area contributed by atoms with Crippen molar-refractivity contribution in [2.45, 2.75) is 32.5 Å². The number of hydrogen-bond donors (Lipinski definition) is 0. The average Bonchev–Trinajstić information content (AvgIpc) is 2.69. The molecule has 0 amide bonds. The maximum atomic E-state index is 12.2. The molecule has 0 N–H and O–H groups in total. The van der Waals surface area contributed by atoms with E-state index in [9.17, 15) is 13.2 Å². The highest BCUT2D eigenvalue weighted by atomic mass is 35.5. The smallest absolute Gasteiger partial charge is 0.406 e. The van der Waals surface area contributed by atoms with Gasteiger partial charge in [-0.25, -0.2) is 4.68 Å². The molecule has 0 bridgehead atoms. The van der Waals surface area contributed by atoms with E-state index in [1.165, 1.54) is 22.9 Å². The maximum absolute atomic E-state index is 12.2. The number of aromatic nitrogens is 2. The third-order valence-electron chi connectivity index (χ3n) is 2.73. The van der Waals surface area contributed by atoms with Crippen LogP contribution in [-0.4, -0.2) is 16.1 Å². The van der Waals surface area contributed by atoms with Crippen LogP contribution in [0, 0.1) is 0 Å². The van der Waals surface area contributed by atoms with Crippen molar-refractivity contribution in [1.29, 1.82) is 0 Å². The zero-order chi connectivity index (χ0) is 15.8. The van der Waals surface area contributed by atoms with Crippen LogP contribution in [0.25, 0.3) is 5.69 Å². The van der Waals surface area contributed by atoms with E-state index in [1.54, 1.807) is 12.1 Å². The fourth-order valence-electron chi connectivity index (χ4n) is 1.72. The Morgan fingerprint density at radius 1 is 1.14 bits per heavy atom. The summed E-state index contributed by atoms with van der Waals surface area (Å²) in [5.41, 5.74) is 0.932. The lowest BCUT2D eigenvalue weighted by Crippen LogP contribution is -2.17. The van der Waals surface area contributed by atoms with Crippen LogP contribution in [-0.2, 0) is 5.41 Å². The number of alkyl halides is 3. The van der Waals surface area contributed by atoms with Crippen molar-refractivity contribution in [1.82, 2.24) is 9.78 Å². The molecule has 1 aromatic heterocycles. The van der Waals surface area contributed by atoms with E-state index in [0.717, 1.165) is 5.69 Å². The zero-order valence-electron chi connectivity index (χ0n) is 11.7. The molecule has 0 spiro atoms. The van der Waals surface area contributed by atoms with Gasteiger partial charge in [0.1, 0.15) is 10.9 Å². The molecular formula is C14H14ClF3N2O. The maximum Gasteiger partial charge on any atom is 0.573 e. The highest BCUT2D eigenvalue weighted by molar-refractivity contribution is 6.29. The number of nitrogens with zero attached hydrogens (tertiary/aromatic N) is 2. The van der Waals surface area contributed by atoms with Gasteiger partial charge in [0.05, 0.1) is 11.4 Å². The van der Waals surface area contributed by atoms with Gasteiger partial charge in [0.15, 0.2) is 0 Å². The van der Waals surface area contributed by atoms with Crippen molar-refractivity contribution >= 4 is 11.6 Å². The highest BCUT2D eigenvalue weighted by Crippen LogP contribution is 2.28. The summed E-state index contributed by atoms with van der Waals surface area (Å²) in [7, 11) is 0. The molecule has 0 fully saturated rings. The number of benzene rings is 1. The second-order valence-electron chi connectivity index (χ2n) is 5.56. The minimum atomic E-state index is -4.73. The van der Waals surface area contributed by atoms with Gasteiger partial charge in [0.2, 0.25) is 0 Å². The van der Waals surface area contributed by atoms with E-state index < -0.39 is 6.36 Å². The Morgan fingerprint density at radius 3 is 2.33 bits per heavy atom. The second-order valence-corrected chi connectivity index (χ2v) is 5.95. The fraction of sp³-hybridized carbons (Fsp3) is 0.357. The summed E-state index contributed by atoms with van der Waals surface area (Å²) in [6, 6.07) is 7.20. The van der Waals surface area contributed by atoms with Gasteiger partial charge in [-0.15, -0.1) is 13.2 Å². The quantitative estimate of drug-likeness (QED) is 0.801. The third-order valence-corrected chi connectivity index (χ3v) is 3.00. The van der Waals surface area contributed by atoms with Crippen LogP contribution in [0.5, 0.6) is 5.75 Å². The lowest BCUT2D eigenvalue weighted by Gasteiger charge is -2.14. The summed E-state index contributed by atoms with van der Waals surface area (Å²) >= 11 is 6.11. The van der Waals surface area contributed by atoms with Gasteiger partial charge in [-0.1, -0.05) is 38.4 Å². The van der Waals surface area contributed by atoms with E-state index in [1.807, 2.05) is 20.8 Å². The molecule has 114 valence electrons. The fourth-order valence-corrected chi connectivity index (χ4v) is 1.96. The standard InChI is InChI=1S/C14H14ClF3N2O/c1-13(2,3)11-8-12(15)20(19-11)9-5-4-6-10(7-9)21-14(16,17)18/h4-8H,1-3H3. The normalized spacial score (nSPS) is 12.5. The van der Waals surface area contributed by atoms with Crippen LogP contribution < -0.4 is 4.74 Å². The van der Waals surface area contributed by atoms with Crippen LogP contribution in [0.15, 0.2) is 30.3 Å². The van der Waals surface area contributed by atoms with Crippen molar-refractivity contribution in [2.75, 3.05) is 0 Å². The molecule has 21 heavy (non-hydrogen) atoms. The predicted molar refractivity (Wildman–Crippen MR) is 74.0 cm³/mol. The Labute approximate surface area is 125 Å². The first-order chi connectivity index (χ1) is 9.56. The molecular weight excluding hydrogens is 305 g/mol. The number of hydrogen-bond acceptors (Lipinski definition) is 2. The molecule has 0 aliphatic rings. The molecule has 0 aliphatic carbocycles. The largest absolute Gasteiger partial charge is 0.573 e. The van der Waals surface area contributed by atoms with Crippen molar-refractivity contribution < 1.29 is 17.9 Å². The molecule has 1 heterocycles. The molecule has 0 radical (unpaired) electrons. The molecule has 0 aliphatic heterocycles. The third kappa shape index (κ3) is 3.91. The molecule has 2 aromatic rings. The minimum Gasteiger partial charge on any atom is -0.406 e. The lowest BCUT2D eigenvalue weighted by molar-refractivity contribution is -0.274. The molecule has 1 aromatic carbocycles. The minimum absolute atomic E-state index is 0.213. The first-order valence-electron chi connectivity index (χ1n) is 6.18. The van der Waals surface area contributed by atoms with Crippen molar-refractivity contribution in [3.63, 3.8) is 0 Å². The number of rotatable bonds is 2. The van der Waals surface area contributed by atoms with Gasteiger partial charge in [-0.3, -0.25) is 0 Å². The Bertz CT molecular complexity index is 644. The van der Waals surface area contributed by atoms with Gasteiger partial charge in [0.25, 0.3) is 0 Å².